The summed E-state index contributed by atoms with van der Waals surface area (Å²) in [5.74, 6) is 2.05. The quantitative estimate of drug-likeness (QED) is 0.795. The average molecular weight is 301 g/mol. The summed E-state index contributed by atoms with van der Waals surface area (Å²) in [5, 5.41) is 2.97. The van der Waals surface area contributed by atoms with Gasteiger partial charge in [-0.25, -0.2) is 4.98 Å². The van der Waals surface area contributed by atoms with Crippen molar-refractivity contribution in [1.29, 1.82) is 0 Å². The van der Waals surface area contributed by atoms with Crippen LogP contribution in [0.3, 0.4) is 0 Å². The molecule has 3 nitrogen and oxygen atoms in total. The van der Waals surface area contributed by atoms with Gasteiger partial charge in [0.1, 0.15) is 5.01 Å². The molecule has 19 heavy (non-hydrogen) atoms. The van der Waals surface area contributed by atoms with Crippen LogP contribution in [0.25, 0.3) is 0 Å². The summed E-state index contributed by atoms with van der Waals surface area (Å²) in [6.45, 7) is 6.00. The van der Waals surface area contributed by atoms with E-state index >= 15 is 0 Å². The van der Waals surface area contributed by atoms with E-state index in [-0.39, 0.29) is 5.91 Å². The normalized spacial score (nSPS) is 20.9. The number of hydrogen-bond acceptors (Lipinski definition) is 3. The lowest BCUT2D eigenvalue weighted by Gasteiger charge is -2.20. The van der Waals surface area contributed by atoms with E-state index in [9.17, 15) is 4.79 Å². The highest BCUT2D eigenvalue weighted by Crippen LogP contribution is 2.26. The van der Waals surface area contributed by atoms with Crippen LogP contribution in [0.5, 0.6) is 0 Å². The standard InChI is InChI=1S/C14H21ClN2OS/c1-10(2)11-3-4-14(18)17(6-5-11)8-13-16-12(7-15)9-19-13/h9-11H,3-8H2,1-2H3. The van der Waals surface area contributed by atoms with Gasteiger partial charge in [-0.2, -0.15) is 0 Å². The second-order valence-electron chi connectivity index (χ2n) is 5.51. The molecule has 1 aromatic rings. The molecule has 1 aromatic heterocycles. The second-order valence-corrected chi connectivity index (χ2v) is 6.72. The molecule has 0 saturated carbocycles. The summed E-state index contributed by atoms with van der Waals surface area (Å²) in [5.41, 5.74) is 0.906. The summed E-state index contributed by atoms with van der Waals surface area (Å²) >= 11 is 7.35. The van der Waals surface area contributed by atoms with Crippen molar-refractivity contribution in [2.75, 3.05) is 6.54 Å². The van der Waals surface area contributed by atoms with Gasteiger partial charge in [0, 0.05) is 18.3 Å². The first-order valence-electron chi connectivity index (χ1n) is 6.87. The highest BCUT2D eigenvalue weighted by Gasteiger charge is 2.24. The second kappa shape index (κ2) is 6.71. The van der Waals surface area contributed by atoms with Crippen LogP contribution in [0.1, 0.15) is 43.8 Å². The van der Waals surface area contributed by atoms with Crippen LogP contribution in [-0.2, 0) is 17.2 Å². The Morgan fingerprint density at radius 2 is 2.32 bits per heavy atom. The first-order valence-corrected chi connectivity index (χ1v) is 8.28. The molecule has 2 rings (SSSR count). The SMILES string of the molecule is CC(C)C1CCC(=O)N(Cc2nc(CCl)cs2)CC1. The van der Waals surface area contributed by atoms with Gasteiger partial charge in [-0.3, -0.25) is 4.79 Å². The zero-order chi connectivity index (χ0) is 13.8. The van der Waals surface area contributed by atoms with Crippen molar-refractivity contribution in [3.63, 3.8) is 0 Å². The number of carbonyl (C=O) groups excluding carboxylic acids is 1. The first-order chi connectivity index (χ1) is 9.10. The fraction of sp³-hybridized carbons (Fsp3) is 0.714. The lowest BCUT2D eigenvalue weighted by molar-refractivity contribution is -0.131. The van der Waals surface area contributed by atoms with E-state index < -0.39 is 0 Å². The van der Waals surface area contributed by atoms with E-state index in [0.717, 1.165) is 30.1 Å². The number of likely N-dealkylation sites (tertiary alicyclic amines) is 1. The van der Waals surface area contributed by atoms with Crippen molar-refractivity contribution >= 4 is 28.8 Å². The molecule has 1 atom stereocenters. The summed E-state index contributed by atoms with van der Waals surface area (Å²) < 4.78 is 0. The van der Waals surface area contributed by atoms with Crippen LogP contribution in [0.4, 0.5) is 0 Å². The zero-order valence-corrected chi connectivity index (χ0v) is 13.1. The van der Waals surface area contributed by atoms with Gasteiger partial charge < -0.3 is 4.90 Å². The van der Waals surface area contributed by atoms with Crippen molar-refractivity contribution in [3.05, 3.63) is 16.1 Å². The molecule has 1 saturated heterocycles. The van der Waals surface area contributed by atoms with Crippen molar-refractivity contribution in [2.24, 2.45) is 11.8 Å². The van der Waals surface area contributed by atoms with E-state index in [2.05, 4.69) is 18.8 Å². The molecule has 0 bridgehead atoms. The van der Waals surface area contributed by atoms with Crippen molar-refractivity contribution < 1.29 is 4.79 Å². The average Bonchev–Trinajstić information content (AvgIpc) is 2.75. The predicted molar refractivity (Wildman–Crippen MR) is 79.3 cm³/mol. The number of carbonyl (C=O) groups is 1. The summed E-state index contributed by atoms with van der Waals surface area (Å²) in [4.78, 5) is 18.5. The Kier molecular flexibility index (Phi) is 5.22. The molecular weight excluding hydrogens is 280 g/mol. The van der Waals surface area contributed by atoms with E-state index in [1.54, 1.807) is 11.3 Å². The Hall–Kier alpha value is -0.610. The minimum Gasteiger partial charge on any atom is -0.336 e. The molecule has 1 fully saturated rings. The van der Waals surface area contributed by atoms with Crippen LogP contribution in [0.2, 0.25) is 0 Å². The maximum atomic E-state index is 12.1. The van der Waals surface area contributed by atoms with Crippen LogP contribution in [0.15, 0.2) is 5.38 Å². The molecule has 1 aliphatic rings. The van der Waals surface area contributed by atoms with Crippen molar-refractivity contribution in [2.45, 2.75) is 45.5 Å². The molecule has 106 valence electrons. The lowest BCUT2D eigenvalue weighted by Crippen LogP contribution is -2.29. The lowest BCUT2D eigenvalue weighted by atomic mass is 9.89. The third-order valence-corrected chi connectivity index (χ3v) is 5.01. The Morgan fingerprint density at radius 1 is 1.53 bits per heavy atom. The van der Waals surface area contributed by atoms with E-state index in [1.165, 1.54) is 0 Å². The van der Waals surface area contributed by atoms with Gasteiger partial charge in [0.15, 0.2) is 0 Å². The highest BCUT2D eigenvalue weighted by atomic mass is 35.5. The number of nitrogens with zero attached hydrogens (tertiary/aromatic N) is 2. The summed E-state index contributed by atoms with van der Waals surface area (Å²) in [6.07, 6.45) is 2.81. The Labute approximate surface area is 124 Å². The largest absolute Gasteiger partial charge is 0.336 e. The topological polar surface area (TPSA) is 33.2 Å². The smallest absolute Gasteiger partial charge is 0.222 e. The van der Waals surface area contributed by atoms with Crippen LogP contribution >= 0.6 is 22.9 Å². The van der Waals surface area contributed by atoms with Gasteiger partial charge in [0.05, 0.1) is 18.1 Å². The summed E-state index contributed by atoms with van der Waals surface area (Å²) in [6, 6.07) is 0. The Morgan fingerprint density at radius 3 is 2.95 bits per heavy atom. The third-order valence-electron chi connectivity index (χ3n) is 3.86. The molecule has 1 unspecified atom stereocenters. The van der Waals surface area contributed by atoms with Gasteiger partial charge in [-0.05, 0) is 24.7 Å². The third kappa shape index (κ3) is 3.93. The molecular formula is C14H21ClN2OS. The maximum Gasteiger partial charge on any atom is 0.222 e. The molecule has 0 radical (unpaired) electrons. The van der Waals surface area contributed by atoms with E-state index in [0.29, 0.717) is 30.7 Å². The molecule has 0 spiro atoms. The molecule has 2 heterocycles. The highest BCUT2D eigenvalue weighted by molar-refractivity contribution is 7.09. The number of rotatable bonds is 4. The molecule has 1 amide bonds. The Bertz CT molecular complexity index is 433. The fourth-order valence-corrected chi connectivity index (χ4v) is 3.57. The zero-order valence-electron chi connectivity index (χ0n) is 11.6. The number of aromatic nitrogens is 1. The van der Waals surface area contributed by atoms with Crippen LogP contribution < -0.4 is 0 Å². The maximum absolute atomic E-state index is 12.1. The van der Waals surface area contributed by atoms with Crippen molar-refractivity contribution in [1.82, 2.24) is 9.88 Å². The molecule has 0 N–H and O–H groups in total. The minimum absolute atomic E-state index is 0.269. The number of amides is 1. The molecule has 0 aliphatic carbocycles. The Balaban J connectivity index is 1.97. The number of halogens is 1. The van der Waals surface area contributed by atoms with Gasteiger partial charge >= 0.3 is 0 Å². The fourth-order valence-electron chi connectivity index (χ4n) is 2.54. The van der Waals surface area contributed by atoms with Crippen LogP contribution in [-0.4, -0.2) is 22.3 Å². The van der Waals surface area contributed by atoms with Gasteiger partial charge in [-0.1, -0.05) is 13.8 Å². The van der Waals surface area contributed by atoms with Gasteiger partial charge in [-0.15, -0.1) is 22.9 Å². The van der Waals surface area contributed by atoms with Crippen LogP contribution in [0, 0.1) is 11.8 Å². The molecule has 0 aromatic carbocycles. The van der Waals surface area contributed by atoms with Crippen molar-refractivity contribution in [3.8, 4) is 0 Å². The van der Waals surface area contributed by atoms with Gasteiger partial charge in [0.25, 0.3) is 0 Å². The van der Waals surface area contributed by atoms with Gasteiger partial charge in [0.2, 0.25) is 5.91 Å². The van der Waals surface area contributed by atoms with E-state index in [4.69, 9.17) is 11.6 Å². The minimum atomic E-state index is 0.269. The summed E-state index contributed by atoms with van der Waals surface area (Å²) in [7, 11) is 0. The first kappa shape index (κ1) is 14.8. The van der Waals surface area contributed by atoms with E-state index in [1.807, 2.05) is 10.3 Å². The molecule has 1 aliphatic heterocycles. The number of alkyl halides is 1. The number of thiazole rings is 1. The monoisotopic (exact) mass is 300 g/mol. The molecule has 5 heteroatoms. The predicted octanol–water partition coefficient (Wildman–Crippen LogP) is 3.67. The number of hydrogen-bond donors (Lipinski definition) is 0.